The van der Waals surface area contributed by atoms with E-state index >= 15 is 0 Å². The predicted octanol–water partition coefficient (Wildman–Crippen LogP) is 1.98. The van der Waals surface area contributed by atoms with Crippen molar-refractivity contribution in [2.75, 3.05) is 20.2 Å². The topological polar surface area (TPSA) is 98.9 Å². The molecule has 1 saturated heterocycles. The minimum Gasteiger partial charge on any atom is -0.497 e. The third kappa shape index (κ3) is 4.70. The molecule has 0 bridgehead atoms. The van der Waals surface area contributed by atoms with Crippen molar-refractivity contribution in [2.24, 2.45) is 5.14 Å². The van der Waals surface area contributed by atoms with Crippen LogP contribution in [-0.4, -0.2) is 39.5 Å². The molecule has 0 radical (unpaired) electrons. The van der Waals surface area contributed by atoms with Crippen molar-refractivity contribution in [3.63, 3.8) is 0 Å². The molecular weight excluding hydrogens is 380 g/mol. The molecule has 8 heteroatoms. The Morgan fingerprint density at radius 3 is 2.39 bits per heavy atom. The number of nitrogens with zero attached hydrogens (tertiary/aromatic N) is 1. The van der Waals surface area contributed by atoms with Gasteiger partial charge in [-0.1, -0.05) is 42.5 Å². The zero-order valence-corrected chi connectivity index (χ0v) is 16.5. The van der Waals surface area contributed by atoms with Crippen LogP contribution in [-0.2, 0) is 31.2 Å². The number of piperidine rings is 1. The van der Waals surface area contributed by atoms with Crippen LogP contribution < -0.4 is 9.88 Å². The van der Waals surface area contributed by atoms with Crippen LogP contribution in [0, 0.1) is 0 Å². The molecule has 3 rings (SSSR count). The molecule has 0 atom stereocenters. The highest BCUT2D eigenvalue weighted by Gasteiger charge is 2.46. The fourth-order valence-electron chi connectivity index (χ4n) is 3.65. The van der Waals surface area contributed by atoms with Gasteiger partial charge in [0.1, 0.15) is 5.75 Å². The molecule has 0 aliphatic carbocycles. The number of benzene rings is 2. The second kappa shape index (κ2) is 8.30. The lowest BCUT2D eigenvalue weighted by atomic mass is 9.72. The first-order valence-electron chi connectivity index (χ1n) is 9.00. The minimum absolute atomic E-state index is 0.418. The van der Waals surface area contributed by atoms with E-state index in [1.807, 2.05) is 18.2 Å². The summed E-state index contributed by atoms with van der Waals surface area (Å²) in [5.41, 5.74) is 0.761. The van der Waals surface area contributed by atoms with E-state index in [1.54, 1.807) is 24.3 Å². The van der Waals surface area contributed by atoms with Crippen molar-refractivity contribution in [1.82, 2.24) is 4.90 Å². The van der Waals surface area contributed by atoms with Crippen molar-refractivity contribution in [1.29, 1.82) is 0 Å². The van der Waals surface area contributed by atoms with Crippen molar-refractivity contribution >= 4 is 16.3 Å². The Morgan fingerprint density at radius 1 is 1.11 bits per heavy atom. The van der Waals surface area contributed by atoms with Gasteiger partial charge in [-0.25, -0.2) is 4.79 Å². The Morgan fingerprint density at radius 2 is 1.79 bits per heavy atom. The van der Waals surface area contributed by atoms with Gasteiger partial charge >= 0.3 is 16.3 Å². The van der Waals surface area contributed by atoms with Crippen LogP contribution in [0.15, 0.2) is 54.6 Å². The Kier molecular flexibility index (Phi) is 6.02. The first-order chi connectivity index (χ1) is 13.3. The maximum absolute atomic E-state index is 12.9. The van der Waals surface area contributed by atoms with Crippen molar-refractivity contribution in [3.8, 4) is 5.75 Å². The number of ether oxygens (including phenoxy) is 1. The third-order valence-corrected chi connectivity index (χ3v) is 5.55. The summed E-state index contributed by atoms with van der Waals surface area (Å²) in [6, 6.07) is 17.1. The van der Waals surface area contributed by atoms with Crippen LogP contribution in [0.1, 0.15) is 24.0 Å². The van der Waals surface area contributed by atoms with E-state index < -0.39 is 21.7 Å². The van der Waals surface area contributed by atoms with Gasteiger partial charge in [0, 0.05) is 6.54 Å². The van der Waals surface area contributed by atoms with E-state index in [2.05, 4.69) is 21.2 Å². The number of nitrogens with two attached hydrogens (primary N) is 1. The molecular formula is C20H24N2O5S. The quantitative estimate of drug-likeness (QED) is 0.790. The Bertz CT molecular complexity index is 923. The molecule has 0 unspecified atom stereocenters. The molecule has 2 aromatic carbocycles. The van der Waals surface area contributed by atoms with E-state index in [4.69, 9.17) is 9.88 Å². The Balaban J connectivity index is 1.85. The highest BCUT2D eigenvalue weighted by molar-refractivity contribution is 7.84. The summed E-state index contributed by atoms with van der Waals surface area (Å²) in [7, 11) is -2.85. The number of carbonyl (C=O) groups excluding carboxylic acids is 1. The average molecular weight is 404 g/mol. The van der Waals surface area contributed by atoms with Gasteiger partial charge in [0.15, 0.2) is 0 Å². The van der Waals surface area contributed by atoms with Gasteiger partial charge in [-0.05, 0) is 49.2 Å². The second-order valence-corrected chi connectivity index (χ2v) is 8.09. The lowest BCUT2D eigenvalue weighted by molar-refractivity contribution is -0.142. The number of methoxy groups -OCH3 is 1. The molecule has 1 aliphatic rings. The summed E-state index contributed by atoms with van der Waals surface area (Å²) >= 11 is 0. The fourth-order valence-corrected chi connectivity index (χ4v) is 4.02. The Hall–Kier alpha value is -2.42. The lowest BCUT2D eigenvalue weighted by Crippen LogP contribution is -2.48. The Labute approximate surface area is 165 Å². The molecule has 2 N–H and O–H groups in total. The summed E-state index contributed by atoms with van der Waals surface area (Å²) in [6.45, 7) is 2.00. The largest absolute Gasteiger partial charge is 0.497 e. The van der Waals surface area contributed by atoms with Gasteiger partial charge in [0.2, 0.25) is 0 Å². The van der Waals surface area contributed by atoms with E-state index in [1.165, 1.54) is 12.7 Å². The average Bonchev–Trinajstić information content (AvgIpc) is 2.68. The summed E-state index contributed by atoms with van der Waals surface area (Å²) in [4.78, 5) is 15.1. The second-order valence-electron chi connectivity index (χ2n) is 6.94. The lowest BCUT2D eigenvalue weighted by Gasteiger charge is -2.40. The maximum Gasteiger partial charge on any atom is 0.382 e. The normalized spacial score (nSPS) is 17.1. The molecule has 0 saturated carbocycles. The van der Waals surface area contributed by atoms with E-state index in [9.17, 15) is 13.2 Å². The number of rotatable bonds is 6. The van der Waals surface area contributed by atoms with Crippen LogP contribution in [0.4, 0.5) is 0 Å². The van der Waals surface area contributed by atoms with Gasteiger partial charge in [-0.3, -0.25) is 4.90 Å². The standard InChI is InChI=1S/C20H24N2O5S/c1-26-18-9-5-8-17(14-18)20(19(23)27-28(21,24)25)10-12-22(13-11-20)15-16-6-3-2-4-7-16/h2-9,14H,10-13,15H2,1H3,(H2,21,24,25). The van der Waals surface area contributed by atoms with Gasteiger partial charge in [-0.2, -0.15) is 13.6 Å². The predicted molar refractivity (Wildman–Crippen MR) is 105 cm³/mol. The number of hydrogen-bond acceptors (Lipinski definition) is 6. The van der Waals surface area contributed by atoms with Gasteiger partial charge in [0.05, 0.1) is 12.5 Å². The van der Waals surface area contributed by atoms with Crippen LogP contribution in [0.25, 0.3) is 0 Å². The first kappa shape index (κ1) is 20.3. The summed E-state index contributed by atoms with van der Waals surface area (Å²) < 4.78 is 32.7. The van der Waals surface area contributed by atoms with Gasteiger partial charge < -0.3 is 8.92 Å². The third-order valence-electron chi connectivity index (χ3n) is 5.16. The van der Waals surface area contributed by atoms with Crippen molar-refractivity contribution in [3.05, 3.63) is 65.7 Å². The molecule has 1 fully saturated rings. The fraction of sp³-hybridized carbons (Fsp3) is 0.350. The van der Waals surface area contributed by atoms with Gasteiger partial charge in [-0.15, -0.1) is 0 Å². The molecule has 150 valence electrons. The molecule has 28 heavy (non-hydrogen) atoms. The zero-order valence-electron chi connectivity index (χ0n) is 15.7. The molecule has 0 amide bonds. The SMILES string of the molecule is COc1cccc(C2(C(=O)OS(N)(=O)=O)CCN(Cc3ccccc3)CC2)c1. The van der Waals surface area contributed by atoms with Crippen molar-refractivity contribution < 1.29 is 22.1 Å². The maximum atomic E-state index is 12.9. The number of likely N-dealkylation sites (tertiary alicyclic amines) is 1. The zero-order chi connectivity index (χ0) is 20.2. The van der Waals surface area contributed by atoms with Crippen LogP contribution in [0.3, 0.4) is 0 Å². The molecule has 7 nitrogen and oxygen atoms in total. The highest BCUT2D eigenvalue weighted by atomic mass is 32.2. The first-order valence-corrected chi connectivity index (χ1v) is 10.5. The number of carbonyl (C=O) groups is 1. The van der Waals surface area contributed by atoms with Crippen molar-refractivity contribution in [2.45, 2.75) is 24.8 Å². The van der Waals surface area contributed by atoms with E-state index in [0.29, 0.717) is 37.2 Å². The summed E-state index contributed by atoms with van der Waals surface area (Å²) in [5, 5.41) is 4.96. The van der Waals surface area contributed by atoms with Crippen LogP contribution in [0.5, 0.6) is 5.75 Å². The minimum atomic E-state index is -4.39. The number of hydrogen-bond donors (Lipinski definition) is 1. The molecule has 2 aromatic rings. The molecule has 0 spiro atoms. The van der Waals surface area contributed by atoms with Crippen LogP contribution >= 0.6 is 0 Å². The van der Waals surface area contributed by atoms with E-state index in [0.717, 1.165) is 6.54 Å². The monoisotopic (exact) mass is 404 g/mol. The smallest absolute Gasteiger partial charge is 0.382 e. The van der Waals surface area contributed by atoms with E-state index in [-0.39, 0.29) is 0 Å². The molecule has 1 heterocycles. The molecule has 0 aromatic heterocycles. The van der Waals surface area contributed by atoms with Crippen LogP contribution in [0.2, 0.25) is 0 Å². The van der Waals surface area contributed by atoms with Gasteiger partial charge in [0.25, 0.3) is 0 Å². The summed E-state index contributed by atoms with van der Waals surface area (Å²) in [6.07, 6.45) is 0.836. The molecule has 1 aliphatic heterocycles. The highest BCUT2D eigenvalue weighted by Crippen LogP contribution is 2.38. The summed E-state index contributed by atoms with van der Waals surface area (Å²) in [5.74, 6) is -0.255.